The van der Waals surface area contributed by atoms with Crippen molar-refractivity contribution < 1.29 is 0 Å². The maximum Gasteiger partial charge on any atom is -0.0236 e. The van der Waals surface area contributed by atoms with Crippen molar-refractivity contribution in [2.45, 2.75) is 91.4 Å². The maximum atomic E-state index is 3.99. The van der Waals surface area contributed by atoms with E-state index in [1.54, 1.807) is 0 Å². The van der Waals surface area contributed by atoms with Gasteiger partial charge in [0.25, 0.3) is 0 Å². The van der Waals surface area contributed by atoms with Gasteiger partial charge in [0.2, 0.25) is 0 Å². The third-order valence-electron chi connectivity index (χ3n) is 7.25. The lowest BCUT2D eigenvalue weighted by Crippen LogP contribution is -2.27. The molecular weight excluding hydrogens is 264 g/mol. The largest absolute Gasteiger partial charge is 0.103 e. The summed E-state index contributed by atoms with van der Waals surface area (Å²) in [4.78, 5) is 0. The summed E-state index contributed by atoms with van der Waals surface area (Å²) in [5.74, 6) is 5.86. The highest BCUT2D eigenvalue weighted by Crippen LogP contribution is 2.43. The molecule has 0 aromatic heterocycles. The number of hydrogen-bond donors (Lipinski definition) is 0. The molecule has 22 heavy (non-hydrogen) atoms. The second-order valence-corrected chi connectivity index (χ2v) is 8.65. The lowest BCUT2D eigenvalue weighted by atomic mass is 9.67. The Morgan fingerprint density at radius 3 is 1.91 bits per heavy atom. The first-order valence-electron chi connectivity index (χ1n) is 10.3. The fourth-order valence-corrected chi connectivity index (χ4v) is 5.02. The molecule has 2 atom stereocenters. The van der Waals surface area contributed by atoms with Gasteiger partial charge < -0.3 is 0 Å². The zero-order chi connectivity index (χ0) is 15.9. The molecule has 2 fully saturated rings. The lowest BCUT2D eigenvalue weighted by molar-refractivity contribution is 0.131. The minimum absolute atomic E-state index is 0.827. The molecule has 0 bridgehead atoms. The van der Waals surface area contributed by atoms with E-state index in [0.717, 1.165) is 35.5 Å². The second-order valence-electron chi connectivity index (χ2n) is 8.65. The third kappa shape index (κ3) is 5.14. The fraction of sp³-hybridized carbons (Fsp3) is 0.909. The molecule has 0 heteroatoms. The van der Waals surface area contributed by atoms with Crippen molar-refractivity contribution in [3.05, 3.63) is 12.7 Å². The van der Waals surface area contributed by atoms with Crippen LogP contribution in [0.3, 0.4) is 0 Å². The molecule has 2 rings (SSSR count). The Kier molecular flexibility index (Phi) is 7.51. The van der Waals surface area contributed by atoms with E-state index in [1.165, 1.54) is 70.6 Å². The minimum Gasteiger partial charge on any atom is -0.103 e. The molecule has 0 aliphatic heterocycles. The predicted octanol–water partition coefficient (Wildman–Crippen LogP) is 7.25. The van der Waals surface area contributed by atoms with Gasteiger partial charge in [0.15, 0.2) is 0 Å². The van der Waals surface area contributed by atoms with Gasteiger partial charge in [-0.3, -0.25) is 0 Å². The summed E-state index contributed by atoms with van der Waals surface area (Å²) in [6.45, 7) is 11.3. The summed E-state index contributed by atoms with van der Waals surface area (Å²) < 4.78 is 0. The Bertz CT molecular complexity index is 302. The summed E-state index contributed by atoms with van der Waals surface area (Å²) in [6.07, 6.45) is 18.4. The molecule has 0 amide bonds. The van der Waals surface area contributed by atoms with Crippen LogP contribution in [0.25, 0.3) is 0 Å². The van der Waals surface area contributed by atoms with Gasteiger partial charge in [0.05, 0.1) is 0 Å². The van der Waals surface area contributed by atoms with Crippen LogP contribution in [0.5, 0.6) is 0 Å². The number of allylic oxidation sites excluding steroid dienone is 1. The molecule has 0 spiro atoms. The van der Waals surface area contributed by atoms with Crippen LogP contribution >= 0.6 is 0 Å². The number of hydrogen-bond acceptors (Lipinski definition) is 0. The van der Waals surface area contributed by atoms with Crippen molar-refractivity contribution in [3.63, 3.8) is 0 Å². The standard InChI is InChI=1S/C22H40/c1-5-17(3)7-8-18(4)20-13-15-22(16-14-20)21-11-9-19(6-2)10-12-21/h6,17-22H,2,5,7-16H2,1,3-4H3. The Labute approximate surface area is 140 Å². The van der Waals surface area contributed by atoms with Crippen LogP contribution in [0.4, 0.5) is 0 Å². The molecule has 2 saturated carbocycles. The average Bonchev–Trinajstić information content (AvgIpc) is 2.59. The van der Waals surface area contributed by atoms with Gasteiger partial charge in [-0.15, -0.1) is 6.58 Å². The van der Waals surface area contributed by atoms with E-state index >= 15 is 0 Å². The smallest absolute Gasteiger partial charge is 0.0236 e. The highest BCUT2D eigenvalue weighted by Gasteiger charge is 2.31. The molecule has 2 aliphatic rings. The predicted molar refractivity (Wildman–Crippen MR) is 98.9 cm³/mol. The van der Waals surface area contributed by atoms with Crippen molar-refractivity contribution in [3.8, 4) is 0 Å². The summed E-state index contributed by atoms with van der Waals surface area (Å²) in [5.41, 5.74) is 0. The van der Waals surface area contributed by atoms with Gasteiger partial charge in [0, 0.05) is 0 Å². The first-order chi connectivity index (χ1) is 10.6. The van der Waals surface area contributed by atoms with Gasteiger partial charge in [0.1, 0.15) is 0 Å². The van der Waals surface area contributed by atoms with Crippen LogP contribution in [0.15, 0.2) is 12.7 Å². The molecule has 0 heterocycles. The monoisotopic (exact) mass is 304 g/mol. The van der Waals surface area contributed by atoms with E-state index < -0.39 is 0 Å². The Morgan fingerprint density at radius 2 is 1.41 bits per heavy atom. The minimum atomic E-state index is 0.827. The SMILES string of the molecule is C=CC1CCC(C2CCC(C(C)CCC(C)CC)CC2)CC1. The number of rotatable bonds is 7. The van der Waals surface area contributed by atoms with Gasteiger partial charge in [-0.05, 0) is 86.9 Å². The fourth-order valence-electron chi connectivity index (χ4n) is 5.02. The van der Waals surface area contributed by atoms with Crippen LogP contribution in [0.1, 0.15) is 91.4 Å². The molecule has 0 aromatic rings. The van der Waals surface area contributed by atoms with Crippen LogP contribution < -0.4 is 0 Å². The van der Waals surface area contributed by atoms with Crippen LogP contribution in [-0.4, -0.2) is 0 Å². The van der Waals surface area contributed by atoms with Gasteiger partial charge in [-0.1, -0.05) is 46.1 Å². The van der Waals surface area contributed by atoms with Crippen molar-refractivity contribution in [1.82, 2.24) is 0 Å². The first-order valence-corrected chi connectivity index (χ1v) is 10.3. The summed E-state index contributed by atoms with van der Waals surface area (Å²) in [7, 11) is 0. The third-order valence-corrected chi connectivity index (χ3v) is 7.25. The normalized spacial score (nSPS) is 35.8. The lowest BCUT2D eigenvalue weighted by Gasteiger charge is -2.39. The van der Waals surface area contributed by atoms with Crippen molar-refractivity contribution in [1.29, 1.82) is 0 Å². The molecule has 0 radical (unpaired) electrons. The Morgan fingerprint density at radius 1 is 0.864 bits per heavy atom. The van der Waals surface area contributed by atoms with Gasteiger partial charge in [-0.25, -0.2) is 0 Å². The molecule has 0 saturated heterocycles. The van der Waals surface area contributed by atoms with E-state index in [2.05, 4.69) is 33.4 Å². The van der Waals surface area contributed by atoms with E-state index in [4.69, 9.17) is 0 Å². The quantitative estimate of drug-likeness (QED) is 0.434. The molecule has 128 valence electrons. The summed E-state index contributed by atoms with van der Waals surface area (Å²) >= 11 is 0. The highest BCUT2D eigenvalue weighted by molar-refractivity contribution is 4.88. The van der Waals surface area contributed by atoms with E-state index in [1.807, 2.05) is 0 Å². The molecular formula is C22H40. The second kappa shape index (κ2) is 9.14. The van der Waals surface area contributed by atoms with Crippen LogP contribution in [-0.2, 0) is 0 Å². The van der Waals surface area contributed by atoms with Crippen molar-refractivity contribution in [2.75, 3.05) is 0 Å². The van der Waals surface area contributed by atoms with Gasteiger partial charge >= 0.3 is 0 Å². The van der Waals surface area contributed by atoms with Crippen molar-refractivity contribution in [2.24, 2.45) is 35.5 Å². The topological polar surface area (TPSA) is 0 Å². The van der Waals surface area contributed by atoms with E-state index in [-0.39, 0.29) is 0 Å². The van der Waals surface area contributed by atoms with Crippen LogP contribution in [0, 0.1) is 35.5 Å². The maximum absolute atomic E-state index is 3.99. The average molecular weight is 305 g/mol. The molecule has 0 N–H and O–H groups in total. The zero-order valence-corrected chi connectivity index (χ0v) is 15.5. The Hall–Kier alpha value is -0.260. The first kappa shape index (κ1) is 18.1. The molecule has 2 unspecified atom stereocenters. The van der Waals surface area contributed by atoms with Crippen molar-refractivity contribution >= 4 is 0 Å². The van der Waals surface area contributed by atoms with E-state index in [9.17, 15) is 0 Å². The molecule has 2 aliphatic carbocycles. The highest BCUT2D eigenvalue weighted by atomic mass is 14.4. The summed E-state index contributed by atoms with van der Waals surface area (Å²) in [5, 5.41) is 0. The molecule has 0 nitrogen and oxygen atoms in total. The van der Waals surface area contributed by atoms with E-state index in [0.29, 0.717) is 0 Å². The van der Waals surface area contributed by atoms with Gasteiger partial charge in [-0.2, -0.15) is 0 Å². The summed E-state index contributed by atoms with van der Waals surface area (Å²) in [6, 6.07) is 0. The van der Waals surface area contributed by atoms with Crippen LogP contribution in [0.2, 0.25) is 0 Å². The zero-order valence-electron chi connectivity index (χ0n) is 15.5. The molecule has 0 aromatic carbocycles. The Balaban J connectivity index is 1.68.